The number of carbonyl (C=O) groups is 1. The quantitative estimate of drug-likeness (QED) is 0.777. The highest BCUT2D eigenvalue weighted by Crippen LogP contribution is 2.03. The average molecular weight is 275 g/mol. The first-order chi connectivity index (χ1) is 9.84. The summed E-state index contributed by atoms with van der Waals surface area (Å²) in [7, 11) is 0. The fraction of sp³-hybridized carbons (Fsp3) is 0.462. The molecule has 0 aromatic carbocycles. The summed E-state index contributed by atoms with van der Waals surface area (Å²) in [5.41, 5.74) is 0.814. The Kier molecular flexibility index (Phi) is 3.89. The van der Waals surface area contributed by atoms with Crippen LogP contribution in [-0.4, -0.2) is 52.9 Å². The molecule has 1 atom stereocenters. The van der Waals surface area contributed by atoms with Crippen molar-refractivity contribution in [3.05, 3.63) is 30.2 Å². The molecule has 0 aliphatic carbocycles. The Morgan fingerprint density at radius 1 is 1.50 bits per heavy atom. The second-order valence-corrected chi connectivity index (χ2v) is 4.65. The van der Waals surface area contributed by atoms with E-state index >= 15 is 0 Å². The number of hydrogen-bond donors (Lipinski definition) is 2. The minimum atomic E-state index is -0.390. The van der Waals surface area contributed by atoms with Crippen molar-refractivity contribution in [2.75, 3.05) is 26.2 Å². The number of pyridine rings is 1. The zero-order valence-corrected chi connectivity index (χ0v) is 11.1. The first-order valence-corrected chi connectivity index (χ1v) is 6.73. The van der Waals surface area contributed by atoms with Gasteiger partial charge in [-0.25, -0.2) is 0 Å². The zero-order chi connectivity index (χ0) is 13.8. The molecule has 1 aliphatic rings. The summed E-state index contributed by atoms with van der Waals surface area (Å²) >= 11 is 0. The molecule has 7 nitrogen and oxygen atoms in total. The van der Waals surface area contributed by atoms with Crippen LogP contribution >= 0.6 is 0 Å². The van der Waals surface area contributed by atoms with Gasteiger partial charge in [-0.15, -0.1) is 10.2 Å². The van der Waals surface area contributed by atoms with Crippen LogP contribution in [0.2, 0.25) is 0 Å². The maximum absolute atomic E-state index is 11.9. The Morgan fingerprint density at radius 3 is 3.30 bits per heavy atom. The van der Waals surface area contributed by atoms with Gasteiger partial charge in [-0.2, -0.15) is 0 Å². The fourth-order valence-electron chi connectivity index (χ4n) is 2.21. The lowest BCUT2D eigenvalue weighted by Gasteiger charge is -2.22. The first kappa shape index (κ1) is 13.0. The highest BCUT2D eigenvalue weighted by atomic mass is 16.5. The van der Waals surface area contributed by atoms with Gasteiger partial charge in [0, 0.05) is 32.3 Å². The van der Waals surface area contributed by atoms with E-state index < -0.39 is 0 Å². The first-order valence-electron chi connectivity index (χ1n) is 6.73. The van der Waals surface area contributed by atoms with Gasteiger partial charge in [0.2, 0.25) is 5.91 Å². The van der Waals surface area contributed by atoms with Gasteiger partial charge in [-0.1, -0.05) is 6.07 Å². The Labute approximate surface area is 116 Å². The number of amides is 1. The molecule has 1 saturated heterocycles. The van der Waals surface area contributed by atoms with Gasteiger partial charge in [-0.3, -0.25) is 9.20 Å². The largest absolute Gasteiger partial charge is 0.366 e. The lowest BCUT2D eigenvalue weighted by atomic mass is 10.3. The minimum absolute atomic E-state index is 0.0778. The molecule has 3 heterocycles. The number of ether oxygens (including phenoxy) is 1. The molecule has 1 unspecified atom stereocenters. The summed E-state index contributed by atoms with van der Waals surface area (Å²) in [4.78, 5) is 11.9. The number of rotatable bonds is 4. The van der Waals surface area contributed by atoms with Crippen molar-refractivity contribution >= 4 is 11.6 Å². The standard InChI is InChI=1S/C13H17N5O2/c19-13(10-9-14-6-8-20-10)15-5-4-12-17-16-11-3-1-2-7-18(11)12/h1-3,7,10,14H,4-6,8-9H2,(H,15,19). The van der Waals surface area contributed by atoms with Crippen molar-refractivity contribution in [2.24, 2.45) is 0 Å². The van der Waals surface area contributed by atoms with E-state index in [1.54, 1.807) is 0 Å². The average Bonchev–Trinajstić information content (AvgIpc) is 2.92. The van der Waals surface area contributed by atoms with Crippen molar-refractivity contribution in [2.45, 2.75) is 12.5 Å². The van der Waals surface area contributed by atoms with E-state index in [0.29, 0.717) is 26.1 Å². The van der Waals surface area contributed by atoms with E-state index in [4.69, 9.17) is 4.74 Å². The Morgan fingerprint density at radius 2 is 2.45 bits per heavy atom. The monoisotopic (exact) mass is 275 g/mol. The van der Waals surface area contributed by atoms with Gasteiger partial charge >= 0.3 is 0 Å². The SMILES string of the molecule is O=C(NCCc1nnc2ccccn12)C1CNCCO1. The van der Waals surface area contributed by atoms with Crippen molar-refractivity contribution in [3.8, 4) is 0 Å². The second-order valence-electron chi connectivity index (χ2n) is 4.65. The number of nitrogens with zero attached hydrogens (tertiary/aromatic N) is 3. The molecule has 0 saturated carbocycles. The highest BCUT2D eigenvalue weighted by molar-refractivity contribution is 5.81. The van der Waals surface area contributed by atoms with E-state index in [-0.39, 0.29) is 12.0 Å². The summed E-state index contributed by atoms with van der Waals surface area (Å²) in [5.74, 6) is 0.759. The topological polar surface area (TPSA) is 80.6 Å². The summed E-state index contributed by atoms with van der Waals surface area (Å²) in [6, 6.07) is 5.75. The van der Waals surface area contributed by atoms with Crippen LogP contribution in [0.1, 0.15) is 5.82 Å². The molecule has 2 N–H and O–H groups in total. The Bertz CT molecular complexity index is 591. The molecular formula is C13H17N5O2. The van der Waals surface area contributed by atoms with Crippen molar-refractivity contribution in [1.82, 2.24) is 25.2 Å². The third-order valence-corrected chi connectivity index (χ3v) is 3.25. The van der Waals surface area contributed by atoms with Gasteiger partial charge < -0.3 is 15.4 Å². The van der Waals surface area contributed by atoms with Crippen LogP contribution in [0.4, 0.5) is 0 Å². The maximum Gasteiger partial charge on any atom is 0.250 e. The number of aromatic nitrogens is 3. The van der Waals surface area contributed by atoms with E-state index in [1.165, 1.54) is 0 Å². The molecule has 1 amide bonds. The number of morpholine rings is 1. The second kappa shape index (κ2) is 5.98. The number of nitrogens with one attached hydrogen (secondary N) is 2. The van der Waals surface area contributed by atoms with Gasteiger partial charge in [-0.05, 0) is 12.1 Å². The normalized spacial score (nSPS) is 19.1. The summed E-state index contributed by atoms with van der Waals surface area (Å²) in [6.45, 7) is 2.47. The van der Waals surface area contributed by atoms with Gasteiger partial charge in [0.1, 0.15) is 11.9 Å². The fourth-order valence-corrected chi connectivity index (χ4v) is 2.21. The minimum Gasteiger partial charge on any atom is -0.366 e. The smallest absolute Gasteiger partial charge is 0.250 e. The van der Waals surface area contributed by atoms with Crippen molar-refractivity contribution in [1.29, 1.82) is 0 Å². The molecule has 2 aromatic rings. The maximum atomic E-state index is 11.9. The number of hydrogen-bond acceptors (Lipinski definition) is 5. The summed E-state index contributed by atoms with van der Waals surface area (Å²) < 4.78 is 7.31. The molecule has 0 spiro atoms. The van der Waals surface area contributed by atoms with Gasteiger partial charge in [0.15, 0.2) is 5.65 Å². The molecule has 0 bridgehead atoms. The van der Waals surface area contributed by atoms with Crippen molar-refractivity contribution < 1.29 is 9.53 Å². The molecular weight excluding hydrogens is 258 g/mol. The third kappa shape index (κ3) is 2.78. The van der Waals surface area contributed by atoms with Gasteiger partial charge in [0.25, 0.3) is 0 Å². The van der Waals surface area contributed by atoms with E-state index in [9.17, 15) is 4.79 Å². The van der Waals surface area contributed by atoms with Crippen LogP contribution in [-0.2, 0) is 16.0 Å². The molecule has 3 rings (SSSR count). The van der Waals surface area contributed by atoms with Crippen LogP contribution in [0.15, 0.2) is 24.4 Å². The van der Waals surface area contributed by atoms with Crippen LogP contribution in [0.5, 0.6) is 0 Å². The Hall–Kier alpha value is -1.99. The highest BCUT2D eigenvalue weighted by Gasteiger charge is 2.21. The van der Waals surface area contributed by atoms with E-state index in [1.807, 2.05) is 28.8 Å². The number of fused-ring (bicyclic) bond motifs is 1. The van der Waals surface area contributed by atoms with Crippen molar-refractivity contribution in [3.63, 3.8) is 0 Å². The van der Waals surface area contributed by atoms with E-state index in [2.05, 4.69) is 20.8 Å². The molecule has 0 radical (unpaired) electrons. The van der Waals surface area contributed by atoms with Crippen LogP contribution in [0, 0.1) is 0 Å². The zero-order valence-electron chi connectivity index (χ0n) is 11.1. The van der Waals surface area contributed by atoms with Gasteiger partial charge in [0.05, 0.1) is 6.61 Å². The Balaban J connectivity index is 1.53. The molecule has 2 aromatic heterocycles. The summed E-state index contributed by atoms with van der Waals surface area (Å²) in [5, 5.41) is 14.2. The lowest BCUT2D eigenvalue weighted by molar-refractivity contribution is -0.134. The van der Waals surface area contributed by atoms with Crippen LogP contribution < -0.4 is 10.6 Å². The predicted octanol–water partition coefficient (Wildman–Crippen LogP) is -0.624. The summed E-state index contributed by atoms with van der Waals surface area (Å²) in [6.07, 6.45) is 2.16. The van der Waals surface area contributed by atoms with Crippen LogP contribution in [0.3, 0.4) is 0 Å². The molecule has 106 valence electrons. The number of carbonyl (C=O) groups excluding carboxylic acids is 1. The lowest BCUT2D eigenvalue weighted by Crippen LogP contribution is -2.48. The molecule has 1 fully saturated rings. The predicted molar refractivity (Wildman–Crippen MR) is 72.3 cm³/mol. The molecule has 20 heavy (non-hydrogen) atoms. The van der Waals surface area contributed by atoms with Crippen LogP contribution in [0.25, 0.3) is 5.65 Å². The van der Waals surface area contributed by atoms with E-state index in [0.717, 1.165) is 18.0 Å². The third-order valence-electron chi connectivity index (χ3n) is 3.25. The molecule has 1 aliphatic heterocycles. The molecule has 7 heteroatoms.